The molecule has 20 heavy (non-hydrogen) atoms. The summed E-state index contributed by atoms with van der Waals surface area (Å²) in [5, 5.41) is 37.6. The van der Waals surface area contributed by atoms with Crippen LogP contribution in [0.5, 0.6) is 0 Å². The maximum Gasteiger partial charge on any atom is 0.340 e. The number of carbonyl (C=O) groups is 1. The molecule has 1 aliphatic heterocycles. The summed E-state index contributed by atoms with van der Waals surface area (Å²) in [7, 11) is 0. The van der Waals surface area contributed by atoms with Gasteiger partial charge in [-0.2, -0.15) is 0 Å². The number of benzene rings is 1. The normalized spacial score (nSPS) is 31.0. The molecule has 0 amide bonds. The molecule has 1 heterocycles. The predicted octanol–water partition coefficient (Wildman–Crippen LogP) is -1.36. The molecule has 0 radical (unpaired) electrons. The topological polar surface area (TPSA) is 116 Å². The molecule has 0 spiro atoms. The smallest absolute Gasteiger partial charge is 0.340 e. The molecule has 0 aliphatic carbocycles. The van der Waals surface area contributed by atoms with Gasteiger partial charge in [0, 0.05) is 0 Å². The third-order valence-corrected chi connectivity index (χ3v) is 3.06. The maximum absolute atomic E-state index is 11.8. The van der Waals surface area contributed by atoms with Crippen molar-refractivity contribution in [1.82, 2.24) is 0 Å². The van der Waals surface area contributed by atoms with Crippen molar-refractivity contribution < 1.29 is 34.7 Å². The molecule has 7 nitrogen and oxygen atoms in total. The van der Waals surface area contributed by atoms with E-state index >= 15 is 0 Å². The second-order valence-electron chi connectivity index (χ2n) is 4.47. The van der Waals surface area contributed by atoms with Gasteiger partial charge in [-0.15, -0.1) is 0 Å². The van der Waals surface area contributed by atoms with Crippen LogP contribution in [0.15, 0.2) is 30.3 Å². The van der Waals surface area contributed by atoms with Crippen LogP contribution in [-0.2, 0) is 9.47 Å². The summed E-state index contributed by atoms with van der Waals surface area (Å²) in [6.07, 6.45) is -6.94. The Bertz CT molecular complexity index is 449. The van der Waals surface area contributed by atoms with E-state index in [9.17, 15) is 20.1 Å². The first kappa shape index (κ1) is 14.9. The molecule has 2 rings (SSSR count). The number of hydrogen-bond acceptors (Lipinski definition) is 7. The SMILES string of the molecule is O=C(O[C@H]1O[C@H]([C@@H](O)CO)[C@H](O)[C@H]1O)c1ccccc1. The lowest BCUT2D eigenvalue weighted by Gasteiger charge is -2.18. The van der Waals surface area contributed by atoms with E-state index in [1.165, 1.54) is 12.1 Å². The zero-order chi connectivity index (χ0) is 14.7. The van der Waals surface area contributed by atoms with E-state index in [2.05, 4.69) is 0 Å². The minimum Gasteiger partial charge on any atom is -0.429 e. The van der Waals surface area contributed by atoms with Crippen molar-refractivity contribution in [3.63, 3.8) is 0 Å². The molecule has 0 bridgehead atoms. The Balaban J connectivity index is 2.02. The van der Waals surface area contributed by atoms with Crippen LogP contribution in [0.2, 0.25) is 0 Å². The molecule has 4 N–H and O–H groups in total. The van der Waals surface area contributed by atoms with Crippen molar-refractivity contribution in [2.75, 3.05) is 6.61 Å². The van der Waals surface area contributed by atoms with E-state index in [1.807, 2.05) is 0 Å². The summed E-state index contributed by atoms with van der Waals surface area (Å²) in [6, 6.07) is 8.08. The molecule has 110 valence electrons. The van der Waals surface area contributed by atoms with Gasteiger partial charge in [-0.05, 0) is 12.1 Å². The fraction of sp³-hybridized carbons (Fsp3) is 0.462. The molecule has 0 aromatic heterocycles. The zero-order valence-electron chi connectivity index (χ0n) is 10.5. The lowest BCUT2D eigenvalue weighted by Crippen LogP contribution is -2.40. The molecular weight excluding hydrogens is 268 g/mol. The van der Waals surface area contributed by atoms with E-state index in [0.29, 0.717) is 0 Å². The highest BCUT2D eigenvalue weighted by molar-refractivity contribution is 5.89. The van der Waals surface area contributed by atoms with Gasteiger partial charge < -0.3 is 29.9 Å². The standard InChI is InChI=1S/C13H16O7/c14-6-8(15)11-9(16)10(17)13(19-11)20-12(18)7-4-2-1-3-5-7/h1-5,8-11,13-17H,6H2/t8-,9+,10+,11+,13+/m0/s1. The number of carbonyl (C=O) groups excluding carboxylic acids is 1. The van der Waals surface area contributed by atoms with Crippen molar-refractivity contribution in [2.24, 2.45) is 0 Å². The number of hydrogen-bond donors (Lipinski definition) is 4. The van der Waals surface area contributed by atoms with Gasteiger partial charge in [-0.25, -0.2) is 4.79 Å². The molecule has 1 saturated heterocycles. The molecule has 7 heteroatoms. The van der Waals surface area contributed by atoms with Crippen LogP contribution in [-0.4, -0.2) is 63.7 Å². The van der Waals surface area contributed by atoms with Gasteiger partial charge in [0.05, 0.1) is 12.2 Å². The summed E-state index contributed by atoms with van der Waals surface area (Å²) in [5.74, 6) is -0.721. The number of esters is 1. The molecule has 1 aromatic carbocycles. The van der Waals surface area contributed by atoms with Crippen LogP contribution < -0.4 is 0 Å². The third kappa shape index (κ3) is 2.97. The molecule has 0 saturated carbocycles. The minimum atomic E-state index is -1.49. The number of ether oxygens (including phenoxy) is 2. The fourth-order valence-electron chi connectivity index (χ4n) is 1.94. The van der Waals surface area contributed by atoms with Crippen molar-refractivity contribution in [2.45, 2.75) is 30.7 Å². The first-order valence-corrected chi connectivity index (χ1v) is 6.11. The summed E-state index contributed by atoms with van der Waals surface area (Å²) in [4.78, 5) is 11.8. The van der Waals surface area contributed by atoms with Crippen LogP contribution in [0.4, 0.5) is 0 Å². The highest BCUT2D eigenvalue weighted by Gasteiger charge is 2.47. The monoisotopic (exact) mass is 284 g/mol. The Morgan fingerprint density at radius 2 is 1.90 bits per heavy atom. The Morgan fingerprint density at radius 1 is 1.25 bits per heavy atom. The molecule has 0 unspecified atom stereocenters. The van der Waals surface area contributed by atoms with Crippen molar-refractivity contribution >= 4 is 5.97 Å². The van der Waals surface area contributed by atoms with E-state index < -0.39 is 43.3 Å². The summed E-state index contributed by atoms with van der Waals surface area (Å²) in [5.41, 5.74) is 0.268. The quantitative estimate of drug-likeness (QED) is 0.505. The Kier molecular flexibility index (Phi) is 4.69. The van der Waals surface area contributed by atoms with Crippen LogP contribution in [0, 0.1) is 0 Å². The summed E-state index contributed by atoms with van der Waals surface area (Å²) in [6.45, 7) is -0.645. The summed E-state index contributed by atoms with van der Waals surface area (Å²) < 4.78 is 10.0. The zero-order valence-corrected chi connectivity index (χ0v) is 10.5. The van der Waals surface area contributed by atoms with Crippen molar-refractivity contribution in [3.05, 3.63) is 35.9 Å². The Hall–Kier alpha value is -1.51. The Morgan fingerprint density at radius 3 is 2.50 bits per heavy atom. The fourth-order valence-corrected chi connectivity index (χ4v) is 1.94. The largest absolute Gasteiger partial charge is 0.429 e. The first-order valence-electron chi connectivity index (χ1n) is 6.11. The molecule has 1 aliphatic rings. The first-order chi connectivity index (χ1) is 9.54. The van der Waals surface area contributed by atoms with Crippen molar-refractivity contribution in [3.8, 4) is 0 Å². The van der Waals surface area contributed by atoms with Gasteiger partial charge >= 0.3 is 5.97 Å². The highest BCUT2D eigenvalue weighted by atomic mass is 16.7. The van der Waals surface area contributed by atoms with E-state index in [0.717, 1.165) is 0 Å². The lowest BCUT2D eigenvalue weighted by molar-refractivity contribution is -0.154. The minimum absolute atomic E-state index is 0.268. The van der Waals surface area contributed by atoms with E-state index in [-0.39, 0.29) is 5.56 Å². The van der Waals surface area contributed by atoms with Crippen LogP contribution in [0.1, 0.15) is 10.4 Å². The molecular formula is C13H16O7. The lowest BCUT2D eigenvalue weighted by atomic mass is 10.1. The molecule has 1 aromatic rings. The van der Waals surface area contributed by atoms with Crippen molar-refractivity contribution in [1.29, 1.82) is 0 Å². The van der Waals surface area contributed by atoms with Crippen LogP contribution >= 0.6 is 0 Å². The Labute approximate surface area is 115 Å². The van der Waals surface area contributed by atoms with Gasteiger partial charge in [-0.3, -0.25) is 0 Å². The summed E-state index contributed by atoms with van der Waals surface area (Å²) >= 11 is 0. The number of aliphatic hydroxyl groups is 4. The van der Waals surface area contributed by atoms with Gasteiger partial charge in [0.25, 0.3) is 0 Å². The van der Waals surface area contributed by atoms with Crippen LogP contribution in [0.25, 0.3) is 0 Å². The number of aliphatic hydroxyl groups excluding tert-OH is 4. The maximum atomic E-state index is 11.8. The average molecular weight is 284 g/mol. The molecule has 1 fully saturated rings. The van der Waals surface area contributed by atoms with E-state index in [4.69, 9.17) is 14.6 Å². The van der Waals surface area contributed by atoms with Gasteiger partial charge in [0.2, 0.25) is 6.29 Å². The van der Waals surface area contributed by atoms with E-state index in [1.54, 1.807) is 18.2 Å². The average Bonchev–Trinajstić information content (AvgIpc) is 2.76. The van der Waals surface area contributed by atoms with Gasteiger partial charge in [0.15, 0.2) is 0 Å². The second-order valence-corrected chi connectivity index (χ2v) is 4.47. The van der Waals surface area contributed by atoms with Gasteiger partial charge in [0.1, 0.15) is 24.4 Å². The second kappa shape index (κ2) is 6.29. The van der Waals surface area contributed by atoms with Crippen LogP contribution in [0.3, 0.4) is 0 Å². The third-order valence-electron chi connectivity index (χ3n) is 3.06. The highest BCUT2D eigenvalue weighted by Crippen LogP contribution is 2.25. The number of rotatable bonds is 4. The molecule has 5 atom stereocenters. The predicted molar refractivity (Wildman–Crippen MR) is 65.6 cm³/mol. The van der Waals surface area contributed by atoms with Gasteiger partial charge in [-0.1, -0.05) is 18.2 Å².